The number of likely N-dealkylation sites (tertiary alicyclic amines) is 1. The zero-order valence-corrected chi connectivity index (χ0v) is 16.5. The van der Waals surface area contributed by atoms with Gasteiger partial charge in [0.05, 0.1) is 0 Å². The van der Waals surface area contributed by atoms with Gasteiger partial charge in [0.15, 0.2) is 0 Å². The summed E-state index contributed by atoms with van der Waals surface area (Å²) in [4.78, 5) is 25.6. The van der Waals surface area contributed by atoms with Crippen molar-refractivity contribution in [1.29, 1.82) is 0 Å². The Morgan fingerprint density at radius 1 is 1.26 bits per heavy atom. The first kappa shape index (κ1) is 21.1. The van der Waals surface area contributed by atoms with Crippen LogP contribution in [0.3, 0.4) is 0 Å². The number of hydrogen-bond acceptors (Lipinski definition) is 4. The quantitative estimate of drug-likeness (QED) is 0.756. The van der Waals surface area contributed by atoms with Gasteiger partial charge in [0, 0.05) is 63.1 Å². The predicted octanol–water partition coefficient (Wildman–Crippen LogP) is 2.41. The summed E-state index contributed by atoms with van der Waals surface area (Å²) in [5.74, 6) is 6.29. The largest absolute Gasteiger partial charge is 0.446 e. The topological polar surface area (TPSA) is 70.7 Å². The highest BCUT2D eigenvalue weighted by Gasteiger charge is 2.31. The summed E-state index contributed by atoms with van der Waals surface area (Å²) in [7, 11) is 3.17. The van der Waals surface area contributed by atoms with E-state index in [9.17, 15) is 9.59 Å². The van der Waals surface area contributed by atoms with Gasteiger partial charge in [0.25, 0.3) is 0 Å². The third-order valence-corrected chi connectivity index (χ3v) is 4.82. The summed E-state index contributed by atoms with van der Waals surface area (Å²) in [6.45, 7) is 1.54. The lowest BCUT2D eigenvalue weighted by molar-refractivity contribution is -0.122. The van der Waals surface area contributed by atoms with Crippen LogP contribution in [0, 0.1) is 11.8 Å². The van der Waals surface area contributed by atoms with Crippen LogP contribution in [0.1, 0.15) is 31.2 Å². The van der Waals surface area contributed by atoms with Gasteiger partial charge >= 0.3 is 6.09 Å². The third kappa shape index (κ3) is 7.12. The van der Waals surface area contributed by atoms with Crippen molar-refractivity contribution in [2.75, 3.05) is 27.2 Å². The van der Waals surface area contributed by atoms with Crippen LogP contribution in [0.25, 0.3) is 0 Å². The molecule has 2 rings (SSSR count). The molecule has 1 aliphatic heterocycles. The lowest BCUT2D eigenvalue weighted by atomic mass is 9.96. The second-order valence-corrected chi connectivity index (χ2v) is 6.86. The first-order valence-electron chi connectivity index (χ1n) is 9.09. The molecular formula is C20H26ClN3O3. The molecule has 2 amide bonds. The third-order valence-electron chi connectivity index (χ3n) is 4.57. The number of amides is 2. The van der Waals surface area contributed by atoms with Gasteiger partial charge in [-0.25, -0.2) is 4.79 Å². The molecule has 0 aromatic heterocycles. The van der Waals surface area contributed by atoms with Crippen LogP contribution in [0.5, 0.6) is 0 Å². The van der Waals surface area contributed by atoms with Gasteiger partial charge in [0.1, 0.15) is 6.10 Å². The highest BCUT2D eigenvalue weighted by molar-refractivity contribution is 6.30. The maximum atomic E-state index is 11.9. The van der Waals surface area contributed by atoms with Crippen molar-refractivity contribution in [2.24, 2.45) is 0 Å². The fourth-order valence-corrected chi connectivity index (χ4v) is 3.23. The number of carbonyl (C=O) groups is 2. The molecule has 2 N–H and O–H groups in total. The van der Waals surface area contributed by atoms with Gasteiger partial charge in [-0.1, -0.05) is 23.4 Å². The van der Waals surface area contributed by atoms with Gasteiger partial charge in [-0.3, -0.25) is 9.69 Å². The normalized spacial score (nSPS) is 19.5. The smallest absolute Gasteiger partial charge is 0.407 e. The van der Waals surface area contributed by atoms with Crippen LogP contribution in [0.15, 0.2) is 24.3 Å². The first-order chi connectivity index (χ1) is 13.0. The van der Waals surface area contributed by atoms with Gasteiger partial charge in [0.2, 0.25) is 5.91 Å². The van der Waals surface area contributed by atoms with Gasteiger partial charge in [-0.2, -0.15) is 0 Å². The van der Waals surface area contributed by atoms with Crippen molar-refractivity contribution in [3.8, 4) is 11.8 Å². The lowest BCUT2D eigenvalue weighted by Gasteiger charge is -2.38. The Labute approximate surface area is 165 Å². The Kier molecular flexibility index (Phi) is 8.43. The van der Waals surface area contributed by atoms with Crippen LogP contribution in [0.4, 0.5) is 4.79 Å². The molecule has 1 aliphatic rings. The average Bonchev–Trinajstić information content (AvgIpc) is 2.67. The van der Waals surface area contributed by atoms with Crippen LogP contribution >= 0.6 is 11.6 Å². The molecule has 1 aromatic rings. The summed E-state index contributed by atoms with van der Waals surface area (Å²) in [5, 5.41) is 5.83. The Hall–Kier alpha value is -2.23. The number of nitrogens with zero attached hydrogens (tertiary/aromatic N) is 1. The Balaban J connectivity index is 1.91. The maximum absolute atomic E-state index is 11.9. The maximum Gasteiger partial charge on any atom is 0.407 e. The summed E-state index contributed by atoms with van der Waals surface area (Å²) in [5.41, 5.74) is 0.930. The minimum absolute atomic E-state index is 0.0159. The second-order valence-electron chi connectivity index (χ2n) is 6.43. The summed E-state index contributed by atoms with van der Waals surface area (Å²) in [6, 6.07) is 7.46. The number of benzene rings is 1. The number of halogens is 1. The molecule has 27 heavy (non-hydrogen) atoms. The molecule has 2 atom stereocenters. The van der Waals surface area contributed by atoms with E-state index in [2.05, 4.69) is 27.4 Å². The highest BCUT2D eigenvalue weighted by Crippen LogP contribution is 2.23. The Bertz CT molecular complexity index is 697. The number of alkyl carbamates (subject to hydrolysis) is 1. The minimum atomic E-state index is -0.430. The molecule has 1 saturated heterocycles. The molecule has 2 unspecified atom stereocenters. The van der Waals surface area contributed by atoms with E-state index in [1.165, 1.54) is 0 Å². The molecule has 1 fully saturated rings. The van der Waals surface area contributed by atoms with Crippen molar-refractivity contribution in [2.45, 2.75) is 37.8 Å². The van der Waals surface area contributed by atoms with Crippen LogP contribution < -0.4 is 10.6 Å². The van der Waals surface area contributed by atoms with E-state index in [0.717, 1.165) is 25.1 Å². The summed E-state index contributed by atoms with van der Waals surface area (Å²) < 4.78 is 5.38. The molecule has 0 aliphatic carbocycles. The number of piperidine rings is 1. The van der Waals surface area contributed by atoms with E-state index in [4.69, 9.17) is 16.3 Å². The molecule has 1 aromatic carbocycles. The molecule has 6 nitrogen and oxygen atoms in total. The Morgan fingerprint density at radius 3 is 2.67 bits per heavy atom. The van der Waals surface area contributed by atoms with Crippen molar-refractivity contribution in [3.05, 3.63) is 34.9 Å². The van der Waals surface area contributed by atoms with Crippen molar-refractivity contribution in [1.82, 2.24) is 15.5 Å². The van der Waals surface area contributed by atoms with E-state index in [1.807, 2.05) is 24.3 Å². The highest BCUT2D eigenvalue weighted by atomic mass is 35.5. The SMILES string of the molecule is CNC(=O)CC1CC(OC(=O)NC)CCN1CCC#Cc1ccc(Cl)cc1. The summed E-state index contributed by atoms with van der Waals surface area (Å²) >= 11 is 5.87. The lowest BCUT2D eigenvalue weighted by Crippen LogP contribution is -2.48. The van der Waals surface area contributed by atoms with E-state index in [0.29, 0.717) is 24.3 Å². The number of carbonyl (C=O) groups excluding carboxylic acids is 2. The number of ether oxygens (including phenoxy) is 1. The van der Waals surface area contributed by atoms with Crippen LogP contribution in [0.2, 0.25) is 5.02 Å². The molecule has 1 heterocycles. The zero-order valence-electron chi connectivity index (χ0n) is 15.8. The van der Waals surface area contributed by atoms with Gasteiger partial charge < -0.3 is 15.4 Å². The van der Waals surface area contributed by atoms with E-state index in [1.54, 1.807) is 14.1 Å². The monoisotopic (exact) mass is 391 g/mol. The van der Waals surface area contributed by atoms with E-state index in [-0.39, 0.29) is 18.1 Å². The predicted molar refractivity (Wildman–Crippen MR) is 106 cm³/mol. The second kappa shape index (κ2) is 10.8. The molecule has 0 spiro atoms. The number of nitrogens with one attached hydrogen (secondary N) is 2. The fourth-order valence-electron chi connectivity index (χ4n) is 3.10. The van der Waals surface area contributed by atoms with Crippen molar-refractivity contribution in [3.63, 3.8) is 0 Å². The van der Waals surface area contributed by atoms with Gasteiger partial charge in [-0.15, -0.1) is 0 Å². The number of hydrogen-bond donors (Lipinski definition) is 2. The molecule has 0 saturated carbocycles. The zero-order chi connectivity index (χ0) is 19.6. The van der Waals surface area contributed by atoms with Gasteiger partial charge in [-0.05, 0) is 30.7 Å². The standard InChI is InChI=1S/C20H26ClN3O3/c1-22-19(25)14-17-13-18(27-20(26)23-2)10-12-24(17)11-4-3-5-15-6-8-16(21)9-7-15/h6-9,17-18H,4,10-14H2,1-2H3,(H,22,25)(H,23,26). The van der Waals surface area contributed by atoms with Crippen LogP contribution in [-0.2, 0) is 9.53 Å². The minimum Gasteiger partial charge on any atom is -0.446 e. The first-order valence-corrected chi connectivity index (χ1v) is 9.47. The molecule has 0 radical (unpaired) electrons. The van der Waals surface area contributed by atoms with Crippen LogP contribution in [-0.4, -0.2) is 56.2 Å². The summed E-state index contributed by atoms with van der Waals surface area (Å²) in [6.07, 6.45) is 1.88. The molecule has 146 valence electrons. The Morgan fingerprint density at radius 2 is 2.00 bits per heavy atom. The molecular weight excluding hydrogens is 366 g/mol. The molecule has 0 bridgehead atoms. The van der Waals surface area contributed by atoms with E-state index >= 15 is 0 Å². The van der Waals surface area contributed by atoms with Crippen molar-refractivity contribution < 1.29 is 14.3 Å². The number of rotatable bonds is 5. The fraction of sp³-hybridized carbons (Fsp3) is 0.500. The van der Waals surface area contributed by atoms with E-state index < -0.39 is 6.09 Å². The average molecular weight is 392 g/mol. The van der Waals surface area contributed by atoms with Crippen molar-refractivity contribution >= 4 is 23.6 Å². The molecule has 7 heteroatoms.